The maximum absolute atomic E-state index is 14.2. The van der Waals surface area contributed by atoms with Crippen LogP contribution < -0.4 is 11.0 Å². The number of nitrogens with two attached hydrogens (primary N) is 1. The number of carbonyl (C=O) groups excluding carboxylic acids is 1. The van der Waals surface area contributed by atoms with Crippen molar-refractivity contribution in [1.29, 1.82) is 0 Å². The second-order valence-corrected chi connectivity index (χ2v) is 9.05. The molecule has 3 aromatic rings. The Hall–Kier alpha value is -2.84. The van der Waals surface area contributed by atoms with Gasteiger partial charge in [-0.15, -0.1) is 0 Å². The van der Waals surface area contributed by atoms with Crippen LogP contribution in [0.4, 0.5) is 4.39 Å². The van der Waals surface area contributed by atoms with Crippen molar-refractivity contribution < 1.29 is 27.5 Å². The third-order valence-electron chi connectivity index (χ3n) is 4.88. The quantitative estimate of drug-likeness (QED) is 0.346. The number of rotatable bonds is 10. The number of imidazole rings is 1. The van der Waals surface area contributed by atoms with Gasteiger partial charge in [0.1, 0.15) is 5.83 Å². The molecule has 176 valence electrons. The molecule has 0 unspecified atom stereocenters. The Bertz CT molecular complexity index is 1210. The van der Waals surface area contributed by atoms with Crippen molar-refractivity contribution in [3.05, 3.63) is 60.2 Å². The zero-order chi connectivity index (χ0) is 24.0. The lowest BCUT2D eigenvalue weighted by Gasteiger charge is -2.18. The monoisotopic (exact) mass is 475 g/mol. The summed E-state index contributed by atoms with van der Waals surface area (Å²) in [6, 6.07) is 10.1. The van der Waals surface area contributed by atoms with Crippen LogP contribution in [0.3, 0.4) is 0 Å². The third kappa shape index (κ3) is 5.39. The molecule has 0 fully saturated rings. The van der Waals surface area contributed by atoms with E-state index in [4.69, 9.17) is 19.5 Å². The highest BCUT2D eigenvalue weighted by atomic mass is 31.2. The van der Waals surface area contributed by atoms with Gasteiger partial charge in [-0.1, -0.05) is 12.1 Å². The number of benzene rings is 2. The van der Waals surface area contributed by atoms with Crippen molar-refractivity contribution >= 4 is 29.9 Å². The lowest BCUT2D eigenvalue weighted by Crippen LogP contribution is -2.11. The highest BCUT2D eigenvalue weighted by molar-refractivity contribution is 7.62. The van der Waals surface area contributed by atoms with Gasteiger partial charge in [-0.05, 0) is 49.8 Å². The minimum atomic E-state index is -3.52. The number of halogens is 1. The summed E-state index contributed by atoms with van der Waals surface area (Å²) in [5.74, 6) is -0.965. The van der Waals surface area contributed by atoms with Gasteiger partial charge in [0.25, 0.3) is 0 Å². The number of nitrogens with zero attached hydrogens (tertiary/aromatic N) is 2. The smallest absolute Gasteiger partial charge is 0.361 e. The molecule has 1 aromatic heterocycles. The molecule has 33 heavy (non-hydrogen) atoms. The molecule has 0 aliphatic carbocycles. The molecule has 0 radical (unpaired) electrons. The standard InChI is InChI=1S/C23H27FN3O5P/c1-4-31-33(29,32-5-2)19-8-6-7-16(11-19)20-12-17(23(28)30-3)13-21-22(20)26-15-27(21)14-18(24)9-10-25/h6-9,11-13,15H,4-5,10,14,25H2,1-3H3. The highest BCUT2D eigenvalue weighted by Gasteiger charge is 2.27. The second-order valence-electron chi connectivity index (χ2n) is 7.03. The van der Waals surface area contributed by atoms with Crippen LogP contribution in [0.15, 0.2) is 54.6 Å². The second kappa shape index (κ2) is 10.9. The van der Waals surface area contributed by atoms with Crippen molar-refractivity contribution in [2.75, 3.05) is 26.9 Å². The Balaban J connectivity index is 2.20. The van der Waals surface area contributed by atoms with E-state index in [2.05, 4.69) is 4.98 Å². The third-order valence-corrected chi connectivity index (χ3v) is 6.99. The van der Waals surface area contributed by atoms with Crippen LogP contribution >= 0.6 is 7.60 Å². The van der Waals surface area contributed by atoms with Gasteiger partial charge in [0.2, 0.25) is 0 Å². The van der Waals surface area contributed by atoms with Crippen LogP contribution in [0.5, 0.6) is 0 Å². The van der Waals surface area contributed by atoms with Crippen molar-refractivity contribution in [2.24, 2.45) is 5.73 Å². The van der Waals surface area contributed by atoms with Gasteiger partial charge < -0.3 is 24.1 Å². The summed E-state index contributed by atoms with van der Waals surface area (Å²) in [5.41, 5.74) is 7.99. The minimum absolute atomic E-state index is 0.0730. The molecule has 10 heteroatoms. The zero-order valence-electron chi connectivity index (χ0n) is 18.8. The molecular formula is C23H27FN3O5P. The van der Waals surface area contributed by atoms with Gasteiger partial charge in [0.15, 0.2) is 0 Å². The zero-order valence-corrected chi connectivity index (χ0v) is 19.7. The maximum atomic E-state index is 14.2. The van der Waals surface area contributed by atoms with E-state index in [1.54, 1.807) is 54.8 Å². The number of hydrogen-bond acceptors (Lipinski definition) is 7. The summed E-state index contributed by atoms with van der Waals surface area (Å²) in [4.78, 5) is 16.8. The summed E-state index contributed by atoms with van der Waals surface area (Å²) in [5, 5.41) is 0.386. The molecule has 8 nitrogen and oxygen atoms in total. The largest absolute Gasteiger partial charge is 0.465 e. The Morgan fingerprint density at radius 3 is 2.58 bits per heavy atom. The van der Waals surface area contributed by atoms with Gasteiger partial charge in [0, 0.05) is 12.1 Å². The number of carbonyl (C=O) groups is 1. The molecule has 0 amide bonds. The van der Waals surface area contributed by atoms with Crippen LogP contribution in [0.2, 0.25) is 0 Å². The first kappa shape index (κ1) is 24.8. The van der Waals surface area contributed by atoms with E-state index in [1.165, 1.54) is 19.5 Å². The van der Waals surface area contributed by atoms with E-state index in [-0.39, 0.29) is 31.9 Å². The molecule has 2 N–H and O–H groups in total. The van der Waals surface area contributed by atoms with E-state index in [1.807, 2.05) is 0 Å². The van der Waals surface area contributed by atoms with Gasteiger partial charge in [-0.3, -0.25) is 4.57 Å². The molecule has 0 spiro atoms. The number of hydrogen-bond donors (Lipinski definition) is 1. The SMILES string of the molecule is CCOP(=O)(OCC)c1cccc(-c2cc(C(=O)OC)cc3c2ncn3CC(F)=CCN)c1. The summed E-state index contributed by atoms with van der Waals surface area (Å²) in [6.07, 6.45) is 2.77. The molecule has 3 rings (SSSR count). The fourth-order valence-electron chi connectivity index (χ4n) is 3.47. The predicted molar refractivity (Wildman–Crippen MR) is 125 cm³/mol. The first-order chi connectivity index (χ1) is 15.9. The van der Waals surface area contributed by atoms with Crippen molar-refractivity contribution in [1.82, 2.24) is 9.55 Å². The molecular weight excluding hydrogens is 448 g/mol. The van der Waals surface area contributed by atoms with Crippen molar-refractivity contribution in [3.8, 4) is 11.1 Å². The van der Waals surface area contributed by atoms with Crippen molar-refractivity contribution in [3.63, 3.8) is 0 Å². The van der Waals surface area contributed by atoms with Gasteiger partial charge in [-0.25, -0.2) is 14.2 Å². The minimum Gasteiger partial charge on any atom is -0.465 e. The lowest BCUT2D eigenvalue weighted by atomic mass is 10.0. The number of esters is 1. The van der Waals surface area contributed by atoms with Crippen LogP contribution in [0, 0.1) is 0 Å². The lowest BCUT2D eigenvalue weighted by molar-refractivity contribution is 0.0601. The number of allylic oxidation sites excluding steroid dienone is 1. The van der Waals surface area contributed by atoms with E-state index in [9.17, 15) is 13.8 Å². The van der Waals surface area contributed by atoms with Crippen LogP contribution in [-0.4, -0.2) is 42.4 Å². The Morgan fingerprint density at radius 1 is 1.21 bits per heavy atom. The Labute approximate surface area is 191 Å². The van der Waals surface area contributed by atoms with Crippen LogP contribution in [0.1, 0.15) is 24.2 Å². The average Bonchev–Trinajstić information content (AvgIpc) is 3.21. The maximum Gasteiger partial charge on any atom is 0.361 e. The molecule has 2 aromatic carbocycles. The van der Waals surface area contributed by atoms with Crippen LogP contribution in [-0.2, 0) is 24.9 Å². The molecule has 0 saturated carbocycles. The number of ether oxygens (including phenoxy) is 1. The summed E-state index contributed by atoms with van der Waals surface area (Å²) < 4.78 is 44.8. The average molecular weight is 475 g/mol. The Morgan fingerprint density at radius 2 is 1.94 bits per heavy atom. The van der Waals surface area contributed by atoms with E-state index < -0.39 is 19.4 Å². The van der Waals surface area contributed by atoms with Crippen molar-refractivity contribution in [2.45, 2.75) is 20.4 Å². The van der Waals surface area contributed by atoms with Crippen LogP contribution in [0.25, 0.3) is 22.2 Å². The first-order valence-electron chi connectivity index (χ1n) is 10.5. The molecule has 1 heterocycles. The predicted octanol–water partition coefficient (Wildman–Crippen LogP) is 4.19. The Kier molecular flexibility index (Phi) is 8.15. The normalized spacial score (nSPS) is 12.3. The number of methoxy groups -OCH3 is 1. The molecule has 0 atom stereocenters. The molecule has 0 aliphatic rings. The molecule has 0 aliphatic heterocycles. The summed E-state index contributed by atoms with van der Waals surface area (Å²) in [6.45, 7) is 3.91. The summed E-state index contributed by atoms with van der Waals surface area (Å²) in [7, 11) is -2.24. The molecule has 0 bridgehead atoms. The number of fused-ring (bicyclic) bond motifs is 1. The fraction of sp³-hybridized carbons (Fsp3) is 0.304. The fourth-order valence-corrected chi connectivity index (χ4v) is 5.09. The first-order valence-corrected chi connectivity index (χ1v) is 12.0. The van der Waals surface area contributed by atoms with Gasteiger partial charge in [-0.2, -0.15) is 0 Å². The van der Waals surface area contributed by atoms with E-state index in [0.717, 1.165) is 0 Å². The topological polar surface area (TPSA) is 106 Å². The van der Waals surface area contributed by atoms with Gasteiger partial charge in [0.05, 0.1) is 55.1 Å². The summed E-state index contributed by atoms with van der Waals surface area (Å²) >= 11 is 0. The van der Waals surface area contributed by atoms with Gasteiger partial charge >= 0.3 is 13.6 Å². The number of aromatic nitrogens is 2. The van der Waals surface area contributed by atoms with E-state index >= 15 is 0 Å². The van der Waals surface area contributed by atoms with E-state index in [0.29, 0.717) is 27.5 Å². The highest BCUT2D eigenvalue weighted by Crippen LogP contribution is 2.47. The molecule has 0 saturated heterocycles.